The van der Waals surface area contributed by atoms with Crippen LogP contribution in [0.5, 0.6) is 11.5 Å². The van der Waals surface area contributed by atoms with Crippen molar-refractivity contribution in [2.75, 3.05) is 0 Å². The molecule has 0 fully saturated rings. The van der Waals surface area contributed by atoms with E-state index in [2.05, 4.69) is 22.6 Å². The lowest BCUT2D eigenvalue weighted by molar-refractivity contribution is 0.471. The molecule has 0 atom stereocenters. The standard InChI is InChI=1S/C6H4Cl2O.C6H5IO/c7-4-1-2-5(8)6(9)3-4;7-5-3-1-2-4-6(5)8/h1-3,9H;1-4,8H. The van der Waals surface area contributed by atoms with E-state index in [9.17, 15) is 0 Å². The minimum Gasteiger partial charge on any atom is -0.507 e. The monoisotopic (exact) mass is 382 g/mol. The predicted molar refractivity (Wildman–Crippen MR) is 79.0 cm³/mol. The van der Waals surface area contributed by atoms with Crippen LogP contribution in [0.3, 0.4) is 0 Å². The minimum absolute atomic E-state index is 0.0177. The van der Waals surface area contributed by atoms with Gasteiger partial charge in [-0.3, -0.25) is 0 Å². The lowest BCUT2D eigenvalue weighted by Crippen LogP contribution is -1.67. The van der Waals surface area contributed by atoms with Crippen LogP contribution in [0.15, 0.2) is 42.5 Å². The van der Waals surface area contributed by atoms with E-state index < -0.39 is 0 Å². The molecule has 0 aliphatic carbocycles. The van der Waals surface area contributed by atoms with E-state index >= 15 is 0 Å². The molecule has 0 aliphatic rings. The maximum Gasteiger partial charge on any atom is 0.135 e. The average molecular weight is 383 g/mol. The molecular weight excluding hydrogens is 374 g/mol. The average Bonchev–Trinajstić information content (AvgIpc) is 2.29. The van der Waals surface area contributed by atoms with E-state index in [0.29, 0.717) is 15.8 Å². The van der Waals surface area contributed by atoms with E-state index in [-0.39, 0.29) is 5.75 Å². The number of benzene rings is 2. The van der Waals surface area contributed by atoms with E-state index in [1.807, 2.05) is 12.1 Å². The van der Waals surface area contributed by atoms with Gasteiger partial charge in [-0.2, -0.15) is 0 Å². The lowest BCUT2D eigenvalue weighted by atomic mass is 10.3. The molecular formula is C12H9Cl2IO2. The molecule has 0 saturated carbocycles. The molecule has 90 valence electrons. The first kappa shape index (κ1) is 14.4. The number of para-hydroxylation sites is 1. The van der Waals surface area contributed by atoms with Crippen molar-refractivity contribution in [1.29, 1.82) is 0 Å². The molecule has 2 N–H and O–H groups in total. The summed E-state index contributed by atoms with van der Waals surface area (Å²) in [4.78, 5) is 0. The highest BCUT2D eigenvalue weighted by Crippen LogP contribution is 2.25. The van der Waals surface area contributed by atoms with Crippen molar-refractivity contribution in [3.63, 3.8) is 0 Å². The maximum absolute atomic E-state index is 8.91. The molecule has 0 spiro atoms. The smallest absolute Gasteiger partial charge is 0.135 e. The fourth-order valence-electron chi connectivity index (χ4n) is 0.938. The van der Waals surface area contributed by atoms with Crippen LogP contribution in [-0.2, 0) is 0 Å². The SMILES string of the molecule is Oc1cc(Cl)ccc1Cl.Oc1ccccc1I. The summed E-state index contributed by atoms with van der Waals surface area (Å²) in [6, 6.07) is 11.8. The molecule has 0 saturated heterocycles. The minimum atomic E-state index is 0.0177. The molecule has 2 aromatic rings. The number of aromatic hydroxyl groups is 2. The predicted octanol–water partition coefficient (Wildman–Crippen LogP) is 4.70. The van der Waals surface area contributed by atoms with Gasteiger partial charge in [0.25, 0.3) is 0 Å². The van der Waals surface area contributed by atoms with Gasteiger partial charge >= 0.3 is 0 Å². The van der Waals surface area contributed by atoms with Crippen LogP contribution < -0.4 is 0 Å². The molecule has 0 aromatic heterocycles. The van der Waals surface area contributed by atoms with Crippen LogP contribution in [0, 0.1) is 3.57 Å². The first-order chi connectivity index (χ1) is 8.00. The summed E-state index contributed by atoms with van der Waals surface area (Å²) in [5.41, 5.74) is 0. The Labute approximate surface area is 123 Å². The Hall–Kier alpha value is -0.650. The van der Waals surface area contributed by atoms with Gasteiger partial charge in [-0.15, -0.1) is 0 Å². The lowest BCUT2D eigenvalue weighted by Gasteiger charge is -1.93. The highest BCUT2D eigenvalue weighted by molar-refractivity contribution is 14.1. The topological polar surface area (TPSA) is 40.5 Å². The van der Waals surface area contributed by atoms with Gasteiger partial charge in [-0.05, 0) is 46.9 Å². The first-order valence-corrected chi connectivity index (χ1v) is 6.41. The molecule has 2 nitrogen and oxygen atoms in total. The summed E-state index contributed by atoms with van der Waals surface area (Å²) in [5, 5.41) is 18.6. The van der Waals surface area contributed by atoms with Gasteiger partial charge in [0.2, 0.25) is 0 Å². The van der Waals surface area contributed by atoms with Crippen LogP contribution in [-0.4, -0.2) is 10.2 Å². The van der Waals surface area contributed by atoms with Gasteiger partial charge in [0, 0.05) is 11.1 Å². The molecule has 0 aliphatic heterocycles. The summed E-state index contributed by atoms with van der Waals surface area (Å²) >= 11 is 13.0. The number of halogens is 3. The summed E-state index contributed by atoms with van der Waals surface area (Å²) < 4.78 is 0.894. The Balaban J connectivity index is 0.000000171. The van der Waals surface area contributed by atoms with Crippen molar-refractivity contribution in [2.45, 2.75) is 0 Å². The Morgan fingerprint density at radius 1 is 0.882 bits per heavy atom. The third-order valence-corrected chi connectivity index (χ3v) is 3.23. The Kier molecular flexibility index (Phi) is 5.88. The highest BCUT2D eigenvalue weighted by Gasteiger charge is 1.95. The van der Waals surface area contributed by atoms with E-state index in [4.69, 9.17) is 33.4 Å². The molecule has 0 bridgehead atoms. The van der Waals surface area contributed by atoms with Crippen molar-refractivity contribution < 1.29 is 10.2 Å². The maximum atomic E-state index is 8.91. The van der Waals surface area contributed by atoms with Crippen molar-refractivity contribution in [2.24, 2.45) is 0 Å². The van der Waals surface area contributed by atoms with Crippen LogP contribution in [0.25, 0.3) is 0 Å². The van der Waals surface area contributed by atoms with Crippen LogP contribution in [0.1, 0.15) is 0 Å². The summed E-state index contributed by atoms with van der Waals surface area (Å²) in [7, 11) is 0. The zero-order valence-corrected chi connectivity index (χ0v) is 12.2. The van der Waals surface area contributed by atoms with E-state index in [1.54, 1.807) is 24.3 Å². The van der Waals surface area contributed by atoms with Crippen molar-refractivity contribution in [1.82, 2.24) is 0 Å². The van der Waals surface area contributed by atoms with Crippen LogP contribution in [0.2, 0.25) is 10.0 Å². The zero-order chi connectivity index (χ0) is 12.8. The second-order valence-corrected chi connectivity index (χ2v) is 5.05. The second-order valence-electron chi connectivity index (χ2n) is 3.05. The molecule has 0 radical (unpaired) electrons. The molecule has 17 heavy (non-hydrogen) atoms. The van der Waals surface area contributed by atoms with Crippen molar-refractivity contribution in [3.8, 4) is 11.5 Å². The Morgan fingerprint density at radius 2 is 1.53 bits per heavy atom. The number of hydrogen-bond acceptors (Lipinski definition) is 2. The third kappa shape index (κ3) is 5.02. The summed E-state index contributed by atoms with van der Waals surface area (Å²) in [6.07, 6.45) is 0. The van der Waals surface area contributed by atoms with Gasteiger partial charge in [0.15, 0.2) is 0 Å². The van der Waals surface area contributed by atoms with Crippen LogP contribution in [0.4, 0.5) is 0 Å². The molecule has 0 heterocycles. The van der Waals surface area contributed by atoms with Gasteiger partial charge in [-0.1, -0.05) is 35.3 Å². The normalized spacial score (nSPS) is 9.35. The summed E-state index contributed by atoms with van der Waals surface area (Å²) in [6.45, 7) is 0. The number of phenols is 2. The van der Waals surface area contributed by atoms with Gasteiger partial charge in [0.1, 0.15) is 11.5 Å². The van der Waals surface area contributed by atoms with Gasteiger partial charge in [-0.25, -0.2) is 0 Å². The fraction of sp³-hybridized carbons (Fsp3) is 0. The zero-order valence-electron chi connectivity index (χ0n) is 8.57. The van der Waals surface area contributed by atoms with Gasteiger partial charge < -0.3 is 10.2 Å². The number of phenolic OH excluding ortho intramolecular Hbond substituents is 2. The Bertz CT molecular complexity index is 483. The number of rotatable bonds is 0. The molecule has 0 amide bonds. The van der Waals surface area contributed by atoms with E-state index in [0.717, 1.165) is 3.57 Å². The van der Waals surface area contributed by atoms with Gasteiger partial charge in [0.05, 0.1) is 8.59 Å². The van der Waals surface area contributed by atoms with Crippen molar-refractivity contribution >= 4 is 45.8 Å². The Morgan fingerprint density at radius 3 is 1.94 bits per heavy atom. The van der Waals surface area contributed by atoms with Crippen LogP contribution >= 0.6 is 45.8 Å². The molecule has 2 rings (SSSR count). The molecule has 2 aromatic carbocycles. The second kappa shape index (κ2) is 6.93. The largest absolute Gasteiger partial charge is 0.507 e. The third-order valence-electron chi connectivity index (χ3n) is 1.76. The number of hydrogen-bond donors (Lipinski definition) is 2. The highest BCUT2D eigenvalue weighted by atomic mass is 127. The molecule has 5 heteroatoms. The summed E-state index contributed by atoms with van der Waals surface area (Å²) in [5.74, 6) is 0.372. The fourth-order valence-corrected chi connectivity index (χ4v) is 1.61. The first-order valence-electron chi connectivity index (χ1n) is 4.58. The quantitative estimate of drug-likeness (QED) is 0.648. The van der Waals surface area contributed by atoms with E-state index in [1.165, 1.54) is 6.07 Å². The van der Waals surface area contributed by atoms with Crippen molar-refractivity contribution in [3.05, 3.63) is 56.1 Å². The molecule has 0 unspecified atom stereocenters.